The Hall–Kier alpha value is -1.74. The van der Waals surface area contributed by atoms with Gasteiger partial charge in [-0.25, -0.2) is 0 Å². The van der Waals surface area contributed by atoms with Gasteiger partial charge in [0.2, 0.25) is 0 Å². The van der Waals surface area contributed by atoms with E-state index in [4.69, 9.17) is 0 Å². The Bertz CT molecular complexity index is 751. The molecule has 146 valence electrons. The fourth-order valence-electron chi connectivity index (χ4n) is 3.61. The van der Waals surface area contributed by atoms with Crippen LogP contribution < -0.4 is 10.2 Å². The summed E-state index contributed by atoms with van der Waals surface area (Å²) >= 11 is 3.65. The van der Waals surface area contributed by atoms with Crippen molar-refractivity contribution in [1.82, 2.24) is 0 Å². The molecule has 1 N–H and O–H groups in total. The molecule has 2 aromatic carbocycles. The molecular formula is C24H33BrN2. The van der Waals surface area contributed by atoms with E-state index in [0.717, 1.165) is 30.3 Å². The second-order valence-electron chi connectivity index (χ2n) is 7.46. The van der Waals surface area contributed by atoms with E-state index < -0.39 is 0 Å². The molecule has 0 bridgehead atoms. The molecule has 0 aromatic heterocycles. The summed E-state index contributed by atoms with van der Waals surface area (Å²) < 4.78 is 1.14. The molecule has 0 saturated heterocycles. The number of hydrogen-bond acceptors (Lipinski definition) is 2. The van der Waals surface area contributed by atoms with Gasteiger partial charge in [0.1, 0.15) is 0 Å². The van der Waals surface area contributed by atoms with Crippen LogP contribution in [-0.2, 0) is 5.41 Å². The van der Waals surface area contributed by atoms with E-state index in [-0.39, 0.29) is 5.41 Å². The fourth-order valence-corrected chi connectivity index (χ4v) is 3.97. The average molecular weight is 429 g/mol. The minimum atomic E-state index is 0.107. The van der Waals surface area contributed by atoms with Crippen LogP contribution in [0.2, 0.25) is 0 Å². The summed E-state index contributed by atoms with van der Waals surface area (Å²) in [6.07, 6.45) is 7.92. The number of allylic oxidation sites excluding steroid dienone is 1. The van der Waals surface area contributed by atoms with Crippen molar-refractivity contribution in [2.24, 2.45) is 0 Å². The Morgan fingerprint density at radius 2 is 1.81 bits per heavy atom. The summed E-state index contributed by atoms with van der Waals surface area (Å²) in [7, 11) is 4.13. The highest BCUT2D eigenvalue weighted by Gasteiger charge is 2.27. The third-order valence-corrected chi connectivity index (χ3v) is 5.88. The molecule has 3 heteroatoms. The lowest BCUT2D eigenvalue weighted by Gasteiger charge is -2.31. The SMILES string of the molecule is CCCC(C)(C/C=C/c1ccc(N(C)CC)cc1)c1cc(Br)ccc1NC. The van der Waals surface area contributed by atoms with Crippen molar-refractivity contribution in [2.75, 3.05) is 30.9 Å². The highest BCUT2D eigenvalue weighted by Crippen LogP contribution is 2.39. The molecule has 0 saturated carbocycles. The zero-order chi connectivity index (χ0) is 19.9. The minimum absolute atomic E-state index is 0.107. The second-order valence-corrected chi connectivity index (χ2v) is 8.38. The molecule has 0 radical (unpaired) electrons. The predicted molar refractivity (Wildman–Crippen MR) is 125 cm³/mol. The molecule has 0 heterocycles. The van der Waals surface area contributed by atoms with Gasteiger partial charge in [-0.3, -0.25) is 0 Å². The first-order valence-corrected chi connectivity index (χ1v) is 10.7. The van der Waals surface area contributed by atoms with Crippen LogP contribution >= 0.6 is 15.9 Å². The lowest BCUT2D eigenvalue weighted by atomic mass is 9.75. The van der Waals surface area contributed by atoms with Crippen molar-refractivity contribution < 1.29 is 0 Å². The molecule has 0 amide bonds. The first kappa shape index (κ1) is 21.6. The first-order chi connectivity index (χ1) is 12.9. The molecule has 0 aliphatic carbocycles. The number of nitrogens with zero attached hydrogens (tertiary/aromatic N) is 1. The van der Waals surface area contributed by atoms with Crippen LogP contribution in [0, 0.1) is 0 Å². The topological polar surface area (TPSA) is 15.3 Å². The first-order valence-electron chi connectivity index (χ1n) is 9.89. The van der Waals surface area contributed by atoms with E-state index in [1.54, 1.807) is 0 Å². The van der Waals surface area contributed by atoms with Gasteiger partial charge in [0.25, 0.3) is 0 Å². The van der Waals surface area contributed by atoms with Gasteiger partial charge >= 0.3 is 0 Å². The van der Waals surface area contributed by atoms with Crippen molar-refractivity contribution >= 4 is 33.4 Å². The molecular weight excluding hydrogens is 396 g/mol. The van der Waals surface area contributed by atoms with Crippen molar-refractivity contribution in [3.63, 3.8) is 0 Å². The maximum absolute atomic E-state index is 3.65. The maximum atomic E-state index is 3.65. The van der Waals surface area contributed by atoms with Gasteiger partial charge in [-0.05, 0) is 66.6 Å². The van der Waals surface area contributed by atoms with Crippen molar-refractivity contribution in [3.05, 3.63) is 64.1 Å². The normalized spacial score (nSPS) is 13.6. The van der Waals surface area contributed by atoms with Crippen LogP contribution in [0.1, 0.15) is 51.2 Å². The Morgan fingerprint density at radius 3 is 2.41 bits per heavy atom. The minimum Gasteiger partial charge on any atom is -0.388 e. The number of hydrogen-bond donors (Lipinski definition) is 1. The van der Waals surface area contributed by atoms with Crippen LogP contribution in [0.4, 0.5) is 11.4 Å². The lowest BCUT2D eigenvalue weighted by molar-refractivity contribution is 0.435. The Labute approximate surface area is 173 Å². The maximum Gasteiger partial charge on any atom is 0.0376 e. The van der Waals surface area contributed by atoms with Crippen molar-refractivity contribution in [1.29, 1.82) is 0 Å². The van der Waals surface area contributed by atoms with Gasteiger partial charge in [0, 0.05) is 36.5 Å². The van der Waals surface area contributed by atoms with Crippen molar-refractivity contribution in [2.45, 2.75) is 45.4 Å². The smallest absolute Gasteiger partial charge is 0.0376 e. The Balaban J connectivity index is 2.21. The van der Waals surface area contributed by atoms with Gasteiger partial charge < -0.3 is 10.2 Å². The molecule has 27 heavy (non-hydrogen) atoms. The van der Waals surface area contributed by atoms with Crippen LogP contribution in [0.5, 0.6) is 0 Å². The molecule has 1 atom stereocenters. The summed E-state index contributed by atoms with van der Waals surface area (Å²) in [6, 6.07) is 15.3. The zero-order valence-electron chi connectivity index (χ0n) is 17.3. The van der Waals surface area contributed by atoms with Gasteiger partial charge in [0.15, 0.2) is 0 Å². The fraction of sp³-hybridized carbons (Fsp3) is 0.417. The Morgan fingerprint density at radius 1 is 1.11 bits per heavy atom. The summed E-state index contributed by atoms with van der Waals surface area (Å²) in [6.45, 7) is 7.83. The molecule has 1 unspecified atom stereocenters. The van der Waals surface area contributed by atoms with Crippen LogP contribution in [0.25, 0.3) is 6.08 Å². The van der Waals surface area contributed by atoms with E-state index in [1.165, 1.54) is 22.5 Å². The molecule has 0 aliphatic rings. The monoisotopic (exact) mass is 428 g/mol. The highest BCUT2D eigenvalue weighted by atomic mass is 79.9. The largest absolute Gasteiger partial charge is 0.388 e. The number of benzene rings is 2. The van der Waals surface area contributed by atoms with Crippen molar-refractivity contribution in [3.8, 4) is 0 Å². The number of nitrogens with one attached hydrogen (secondary N) is 1. The van der Waals surface area contributed by atoms with Crippen LogP contribution in [0.3, 0.4) is 0 Å². The van der Waals surface area contributed by atoms with Gasteiger partial charge in [0.05, 0.1) is 0 Å². The van der Waals surface area contributed by atoms with E-state index in [9.17, 15) is 0 Å². The Kier molecular flexibility index (Phi) is 7.97. The van der Waals surface area contributed by atoms with Crippen LogP contribution in [0.15, 0.2) is 53.0 Å². The second kappa shape index (κ2) is 9.98. The van der Waals surface area contributed by atoms with Gasteiger partial charge in [-0.2, -0.15) is 0 Å². The van der Waals surface area contributed by atoms with Gasteiger partial charge in [-0.15, -0.1) is 0 Å². The molecule has 0 aliphatic heterocycles. The average Bonchev–Trinajstić information content (AvgIpc) is 2.68. The zero-order valence-corrected chi connectivity index (χ0v) is 18.9. The number of rotatable bonds is 9. The lowest BCUT2D eigenvalue weighted by Crippen LogP contribution is -2.22. The quantitative estimate of drug-likeness (QED) is 0.457. The van der Waals surface area contributed by atoms with Crippen LogP contribution in [-0.4, -0.2) is 20.6 Å². The van der Waals surface area contributed by atoms with E-state index in [2.05, 4.69) is 109 Å². The molecule has 2 nitrogen and oxygen atoms in total. The highest BCUT2D eigenvalue weighted by molar-refractivity contribution is 9.10. The molecule has 2 aromatic rings. The third kappa shape index (κ3) is 5.62. The molecule has 0 fully saturated rings. The number of anilines is 2. The number of halogens is 1. The molecule has 2 rings (SSSR count). The standard InChI is InChI=1S/C24H33BrN2/c1-6-16-24(3,22-18-20(25)12-15-23(22)26-4)17-8-9-19-10-13-21(14-11-19)27(5)7-2/h8-15,18,26H,6-7,16-17H2,1-5H3/b9-8+. The van der Waals surface area contributed by atoms with E-state index in [0.29, 0.717) is 0 Å². The predicted octanol–water partition coefficient (Wildman–Crippen LogP) is 7.11. The molecule has 0 spiro atoms. The van der Waals surface area contributed by atoms with Gasteiger partial charge in [-0.1, -0.05) is 60.5 Å². The summed E-state index contributed by atoms with van der Waals surface area (Å²) in [5.74, 6) is 0. The van der Waals surface area contributed by atoms with E-state index in [1.807, 2.05) is 7.05 Å². The summed E-state index contributed by atoms with van der Waals surface area (Å²) in [5.41, 5.74) is 5.22. The third-order valence-electron chi connectivity index (χ3n) is 5.39. The van der Waals surface area contributed by atoms with E-state index >= 15 is 0 Å². The summed E-state index contributed by atoms with van der Waals surface area (Å²) in [4.78, 5) is 2.25. The summed E-state index contributed by atoms with van der Waals surface area (Å²) in [5, 5.41) is 3.37.